The van der Waals surface area contributed by atoms with E-state index in [1.54, 1.807) is 44.2 Å². The molecule has 0 atom stereocenters. The van der Waals surface area contributed by atoms with Crippen LogP contribution in [-0.2, 0) is 14.3 Å². The third-order valence-corrected chi connectivity index (χ3v) is 6.93. The highest BCUT2D eigenvalue weighted by Gasteiger charge is 2.26. The van der Waals surface area contributed by atoms with Gasteiger partial charge in [-0.05, 0) is 71.6 Å². The van der Waals surface area contributed by atoms with Crippen molar-refractivity contribution >= 4 is 40.8 Å². The van der Waals surface area contributed by atoms with Crippen LogP contribution in [0.1, 0.15) is 77.6 Å². The van der Waals surface area contributed by atoms with Gasteiger partial charge < -0.3 is 20.1 Å². The van der Waals surface area contributed by atoms with Gasteiger partial charge >= 0.3 is 12.2 Å². The average molecular weight is 517 g/mol. The number of nitrogens with one attached hydrogen (secondary N) is 3. The zero-order valence-electron chi connectivity index (χ0n) is 21.6. The summed E-state index contributed by atoms with van der Waals surface area (Å²) in [5.41, 5.74) is 1.98. The van der Waals surface area contributed by atoms with Crippen LogP contribution < -0.4 is 16.0 Å². The standard InChI is InChI=1S/C26H36N4O5S/c1-6-23(31)30-21-13-19(29-26(33)35-16(4)5)11-12-20(21)22-14-27-24(36-22)17-7-9-18(10-8-17)28-25(32)34-15(2)3/h11-18H,6-10H2,1-5H3,(H,28,32)(H,29,33)(H,30,31). The van der Waals surface area contributed by atoms with E-state index in [0.29, 0.717) is 23.7 Å². The van der Waals surface area contributed by atoms with Crippen LogP contribution in [0.2, 0.25) is 0 Å². The Morgan fingerprint density at radius 2 is 1.67 bits per heavy atom. The van der Waals surface area contributed by atoms with Gasteiger partial charge in [-0.1, -0.05) is 6.92 Å². The van der Waals surface area contributed by atoms with Crippen molar-refractivity contribution in [2.75, 3.05) is 10.6 Å². The molecule has 1 aromatic carbocycles. The van der Waals surface area contributed by atoms with E-state index in [4.69, 9.17) is 9.47 Å². The summed E-state index contributed by atoms with van der Waals surface area (Å²) in [6.07, 6.45) is 4.49. The van der Waals surface area contributed by atoms with Crippen LogP contribution in [-0.4, -0.2) is 41.3 Å². The van der Waals surface area contributed by atoms with E-state index in [1.165, 1.54) is 0 Å². The fourth-order valence-corrected chi connectivity index (χ4v) is 5.17. The molecule has 10 heteroatoms. The summed E-state index contributed by atoms with van der Waals surface area (Å²) < 4.78 is 10.3. The number of alkyl carbamates (subject to hydrolysis) is 1. The van der Waals surface area contributed by atoms with Gasteiger partial charge in [0.2, 0.25) is 5.91 Å². The molecule has 0 bridgehead atoms. The third kappa shape index (κ3) is 7.94. The van der Waals surface area contributed by atoms with Crippen molar-refractivity contribution in [3.05, 3.63) is 29.4 Å². The lowest BCUT2D eigenvalue weighted by Gasteiger charge is -2.28. The quantitative estimate of drug-likeness (QED) is 0.380. The summed E-state index contributed by atoms with van der Waals surface area (Å²) in [5.74, 6) is 0.202. The van der Waals surface area contributed by atoms with Crippen LogP contribution in [0.25, 0.3) is 10.4 Å². The molecule has 9 nitrogen and oxygen atoms in total. The Morgan fingerprint density at radius 3 is 2.31 bits per heavy atom. The summed E-state index contributed by atoms with van der Waals surface area (Å²) in [7, 11) is 0. The molecule has 1 saturated carbocycles. The van der Waals surface area contributed by atoms with Crippen LogP contribution >= 0.6 is 11.3 Å². The number of amides is 3. The summed E-state index contributed by atoms with van der Waals surface area (Å²) >= 11 is 1.61. The zero-order valence-corrected chi connectivity index (χ0v) is 22.4. The number of thiazole rings is 1. The molecule has 1 heterocycles. The number of benzene rings is 1. The minimum absolute atomic E-state index is 0.116. The van der Waals surface area contributed by atoms with Crippen molar-refractivity contribution in [2.45, 2.75) is 90.9 Å². The molecule has 36 heavy (non-hydrogen) atoms. The molecule has 196 valence electrons. The summed E-state index contributed by atoms with van der Waals surface area (Å²) in [5, 5.41) is 9.64. The number of nitrogens with zero attached hydrogens (tertiary/aromatic N) is 1. The minimum atomic E-state index is -0.548. The van der Waals surface area contributed by atoms with Gasteiger partial charge in [0.1, 0.15) is 0 Å². The van der Waals surface area contributed by atoms with Crippen LogP contribution in [0.4, 0.5) is 21.0 Å². The molecule has 0 aliphatic heterocycles. The normalized spacial score (nSPS) is 17.5. The van der Waals surface area contributed by atoms with E-state index >= 15 is 0 Å². The lowest BCUT2D eigenvalue weighted by Crippen LogP contribution is -2.38. The molecule has 3 rings (SSSR count). The second-order valence-corrected chi connectivity index (χ2v) is 10.5. The Morgan fingerprint density at radius 1 is 1.00 bits per heavy atom. The fourth-order valence-electron chi connectivity index (χ4n) is 4.04. The predicted octanol–water partition coefficient (Wildman–Crippen LogP) is 6.28. The molecule has 1 aliphatic carbocycles. The first kappa shape index (κ1) is 27.4. The van der Waals surface area contributed by atoms with E-state index in [9.17, 15) is 14.4 Å². The minimum Gasteiger partial charge on any atom is -0.447 e. The molecule has 1 aliphatic rings. The summed E-state index contributed by atoms with van der Waals surface area (Å²) in [6, 6.07) is 5.50. The monoisotopic (exact) mass is 516 g/mol. The average Bonchev–Trinajstić information content (AvgIpc) is 3.28. The molecule has 2 aromatic rings. The van der Waals surface area contributed by atoms with Gasteiger partial charge in [-0.15, -0.1) is 11.3 Å². The van der Waals surface area contributed by atoms with Gasteiger partial charge in [0, 0.05) is 35.8 Å². The maximum absolute atomic E-state index is 12.2. The summed E-state index contributed by atoms with van der Waals surface area (Å²) in [4.78, 5) is 41.7. The highest BCUT2D eigenvalue weighted by atomic mass is 32.1. The Balaban J connectivity index is 1.70. The second kappa shape index (κ2) is 12.7. The molecule has 0 unspecified atom stereocenters. The molecular weight excluding hydrogens is 480 g/mol. The van der Waals surface area contributed by atoms with Crippen LogP contribution in [0.15, 0.2) is 24.4 Å². The number of anilines is 2. The Labute approximate surface area is 216 Å². The van der Waals surface area contributed by atoms with Crippen molar-refractivity contribution in [3.63, 3.8) is 0 Å². The van der Waals surface area contributed by atoms with Gasteiger partial charge in [-0.25, -0.2) is 14.6 Å². The van der Waals surface area contributed by atoms with Gasteiger partial charge in [-0.2, -0.15) is 0 Å². The maximum atomic E-state index is 12.2. The SMILES string of the molecule is CCC(=O)Nc1cc(NC(=O)OC(C)C)ccc1-c1cnc(C2CCC(NC(=O)OC(C)C)CC2)s1. The first-order valence-electron chi connectivity index (χ1n) is 12.5. The molecule has 3 N–H and O–H groups in total. The van der Waals surface area contributed by atoms with Crippen molar-refractivity contribution < 1.29 is 23.9 Å². The number of ether oxygens (including phenoxy) is 2. The van der Waals surface area contributed by atoms with Crippen molar-refractivity contribution in [2.24, 2.45) is 0 Å². The van der Waals surface area contributed by atoms with E-state index in [0.717, 1.165) is 41.1 Å². The van der Waals surface area contributed by atoms with Gasteiger partial charge in [0.05, 0.1) is 27.8 Å². The fraction of sp³-hybridized carbons (Fsp3) is 0.538. The first-order chi connectivity index (χ1) is 17.1. The molecule has 0 spiro atoms. The summed E-state index contributed by atoms with van der Waals surface area (Å²) in [6.45, 7) is 9.01. The van der Waals surface area contributed by atoms with Crippen molar-refractivity contribution in [1.29, 1.82) is 0 Å². The van der Waals surface area contributed by atoms with E-state index < -0.39 is 6.09 Å². The van der Waals surface area contributed by atoms with Gasteiger partial charge in [-0.3, -0.25) is 10.1 Å². The second-order valence-electron chi connectivity index (χ2n) is 9.45. The number of carbonyl (C=O) groups excluding carboxylic acids is 3. The van der Waals surface area contributed by atoms with E-state index in [-0.39, 0.29) is 30.3 Å². The van der Waals surface area contributed by atoms with Crippen molar-refractivity contribution in [1.82, 2.24) is 10.3 Å². The number of rotatable bonds is 8. The number of hydrogen-bond donors (Lipinski definition) is 3. The molecule has 1 fully saturated rings. The lowest BCUT2D eigenvalue weighted by atomic mass is 9.86. The zero-order chi connectivity index (χ0) is 26.2. The van der Waals surface area contributed by atoms with E-state index in [2.05, 4.69) is 20.9 Å². The smallest absolute Gasteiger partial charge is 0.411 e. The number of carbonyl (C=O) groups is 3. The third-order valence-electron chi connectivity index (χ3n) is 5.73. The first-order valence-corrected chi connectivity index (χ1v) is 13.3. The molecule has 3 amide bonds. The largest absolute Gasteiger partial charge is 0.447 e. The molecule has 0 radical (unpaired) electrons. The Hall–Kier alpha value is -3.14. The molecule has 0 saturated heterocycles. The van der Waals surface area contributed by atoms with Gasteiger partial charge in [0.25, 0.3) is 0 Å². The highest BCUT2D eigenvalue weighted by Crippen LogP contribution is 2.40. The molecule has 1 aromatic heterocycles. The predicted molar refractivity (Wildman–Crippen MR) is 141 cm³/mol. The Kier molecular flexibility index (Phi) is 9.69. The van der Waals surface area contributed by atoms with E-state index in [1.807, 2.05) is 26.1 Å². The van der Waals surface area contributed by atoms with Crippen LogP contribution in [0, 0.1) is 0 Å². The number of hydrogen-bond acceptors (Lipinski definition) is 7. The van der Waals surface area contributed by atoms with Gasteiger partial charge in [0.15, 0.2) is 0 Å². The molecular formula is C26H36N4O5S. The van der Waals surface area contributed by atoms with Crippen LogP contribution in [0.3, 0.4) is 0 Å². The number of aromatic nitrogens is 1. The topological polar surface area (TPSA) is 119 Å². The van der Waals surface area contributed by atoms with Crippen LogP contribution in [0.5, 0.6) is 0 Å². The Bertz CT molecular complexity index is 1060. The van der Waals surface area contributed by atoms with Crippen molar-refractivity contribution in [3.8, 4) is 10.4 Å². The lowest BCUT2D eigenvalue weighted by molar-refractivity contribution is -0.115. The maximum Gasteiger partial charge on any atom is 0.411 e. The highest BCUT2D eigenvalue weighted by molar-refractivity contribution is 7.15.